The Morgan fingerprint density at radius 2 is 2.14 bits per heavy atom. The number of nitrogens with one attached hydrogen (secondary N) is 2. The molecule has 1 heterocycles. The van der Waals surface area contributed by atoms with Crippen LogP contribution >= 0.6 is 15.9 Å². The molecule has 1 aromatic heterocycles. The number of hydrogen-bond acceptors (Lipinski definition) is 5. The molecule has 0 amide bonds. The van der Waals surface area contributed by atoms with Gasteiger partial charge in [0, 0.05) is 19.2 Å². The smallest absolute Gasteiger partial charge is 0.245 e. The first-order valence-corrected chi connectivity index (χ1v) is 9.22. The number of sulfonamides is 1. The molecule has 6 nitrogen and oxygen atoms in total. The normalized spacial score (nSPS) is 13.5. The first kappa shape index (κ1) is 18.6. The fourth-order valence-corrected chi connectivity index (χ4v) is 4.18. The molecule has 0 bridgehead atoms. The molecular weight excluding hydrogens is 360 g/mol. The zero-order valence-electron chi connectivity index (χ0n) is 12.6. The van der Waals surface area contributed by atoms with E-state index >= 15 is 0 Å². The maximum Gasteiger partial charge on any atom is 0.245 e. The molecule has 0 fully saturated rings. The first-order chi connectivity index (χ1) is 9.94. The fraction of sp³-hybridized carbons (Fsp3) is 0.692. The summed E-state index contributed by atoms with van der Waals surface area (Å²) in [7, 11) is -2.08. The van der Waals surface area contributed by atoms with Crippen LogP contribution in [0.2, 0.25) is 0 Å². The summed E-state index contributed by atoms with van der Waals surface area (Å²) in [6.07, 6.45) is 1.58. The number of furan rings is 1. The second-order valence-electron chi connectivity index (χ2n) is 4.69. The van der Waals surface area contributed by atoms with Crippen LogP contribution in [0, 0.1) is 0 Å². The molecule has 0 aliphatic heterocycles. The van der Waals surface area contributed by atoms with E-state index in [4.69, 9.17) is 9.15 Å². The molecule has 1 atom stereocenters. The minimum Gasteiger partial charge on any atom is -0.452 e. The standard InChI is InChI=1S/C13H23BrN2O4S/c1-4-6-10(9-19-3)16-21(17,18)12-7-11(8-15-5-2)20-13(12)14/h7,10,15-16H,4-6,8-9H2,1-3H3. The van der Waals surface area contributed by atoms with E-state index in [0.717, 1.165) is 13.0 Å². The summed E-state index contributed by atoms with van der Waals surface area (Å²) >= 11 is 3.17. The summed E-state index contributed by atoms with van der Waals surface area (Å²) in [6.45, 7) is 5.58. The maximum atomic E-state index is 12.4. The molecule has 0 aromatic carbocycles. The number of hydrogen-bond donors (Lipinski definition) is 2. The maximum absolute atomic E-state index is 12.4. The first-order valence-electron chi connectivity index (χ1n) is 6.94. The lowest BCUT2D eigenvalue weighted by atomic mass is 10.2. The van der Waals surface area contributed by atoms with Gasteiger partial charge in [-0.2, -0.15) is 0 Å². The van der Waals surface area contributed by atoms with Crippen molar-refractivity contribution in [2.24, 2.45) is 0 Å². The Morgan fingerprint density at radius 3 is 2.71 bits per heavy atom. The third-order valence-electron chi connectivity index (χ3n) is 2.87. The molecular formula is C13H23BrN2O4S. The lowest BCUT2D eigenvalue weighted by Gasteiger charge is -2.16. The predicted molar refractivity (Wildman–Crippen MR) is 84.7 cm³/mol. The lowest BCUT2D eigenvalue weighted by molar-refractivity contribution is 0.171. The second kappa shape index (κ2) is 8.89. The highest BCUT2D eigenvalue weighted by atomic mass is 79.9. The average molecular weight is 383 g/mol. The highest BCUT2D eigenvalue weighted by molar-refractivity contribution is 9.10. The largest absolute Gasteiger partial charge is 0.452 e. The molecule has 122 valence electrons. The third-order valence-corrected chi connectivity index (χ3v) is 5.25. The summed E-state index contributed by atoms with van der Waals surface area (Å²) in [5, 5.41) is 3.09. The van der Waals surface area contributed by atoms with Crippen molar-refractivity contribution in [3.63, 3.8) is 0 Å². The van der Waals surface area contributed by atoms with Gasteiger partial charge >= 0.3 is 0 Å². The Kier molecular flexibility index (Phi) is 7.89. The molecule has 0 aliphatic carbocycles. The lowest BCUT2D eigenvalue weighted by Crippen LogP contribution is -2.37. The van der Waals surface area contributed by atoms with Crippen LogP contribution in [-0.2, 0) is 21.3 Å². The summed E-state index contributed by atoms with van der Waals surface area (Å²) in [4.78, 5) is 0.118. The van der Waals surface area contributed by atoms with Crippen LogP contribution in [0.1, 0.15) is 32.4 Å². The van der Waals surface area contributed by atoms with Crippen molar-refractivity contribution in [2.75, 3.05) is 20.3 Å². The van der Waals surface area contributed by atoms with E-state index in [1.165, 1.54) is 6.07 Å². The Hall–Kier alpha value is -0.410. The predicted octanol–water partition coefficient (Wildman–Crippen LogP) is 2.25. The van der Waals surface area contributed by atoms with Crippen molar-refractivity contribution in [3.8, 4) is 0 Å². The van der Waals surface area contributed by atoms with Gasteiger partial charge in [0.15, 0.2) is 4.67 Å². The summed E-state index contributed by atoms with van der Waals surface area (Å²) < 4.78 is 38.2. The Bertz CT molecular complexity index is 524. The molecule has 1 aromatic rings. The van der Waals surface area contributed by atoms with Crippen LogP contribution < -0.4 is 10.0 Å². The van der Waals surface area contributed by atoms with Gasteiger partial charge in [0.2, 0.25) is 10.0 Å². The van der Waals surface area contributed by atoms with Crippen molar-refractivity contribution in [1.29, 1.82) is 0 Å². The molecule has 1 unspecified atom stereocenters. The van der Waals surface area contributed by atoms with Gasteiger partial charge in [-0.05, 0) is 28.9 Å². The Labute approximate surface area is 134 Å². The van der Waals surface area contributed by atoms with Gasteiger partial charge < -0.3 is 14.5 Å². The van der Waals surface area contributed by atoms with Crippen molar-refractivity contribution >= 4 is 26.0 Å². The van der Waals surface area contributed by atoms with E-state index < -0.39 is 10.0 Å². The fourth-order valence-electron chi connectivity index (χ4n) is 1.93. The molecule has 2 N–H and O–H groups in total. The van der Waals surface area contributed by atoms with Crippen molar-refractivity contribution in [2.45, 2.75) is 44.2 Å². The highest BCUT2D eigenvalue weighted by Gasteiger charge is 2.25. The van der Waals surface area contributed by atoms with Gasteiger partial charge in [0.25, 0.3) is 0 Å². The van der Waals surface area contributed by atoms with E-state index in [0.29, 0.717) is 25.3 Å². The van der Waals surface area contributed by atoms with Gasteiger partial charge in [-0.3, -0.25) is 0 Å². The quantitative estimate of drug-likeness (QED) is 0.648. The number of rotatable bonds is 10. The SMILES string of the molecule is CCCC(COC)NS(=O)(=O)c1cc(CNCC)oc1Br. The second-order valence-corrected chi connectivity index (χ2v) is 7.10. The summed E-state index contributed by atoms with van der Waals surface area (Å²) in [5.74, 6) is 0.572. The van der Waals surface area contributed by atoms with E-state index in [2.05, 4.69) is 26.0 Å². The van der Waals surface area contributed by atoms with Crippen molar-refractivity contribution < 1.29 is 17.6 Å². The summed E-state index contributed by atoms with van der Waals surface area (Å²) in [5.41, 5.74) is 0. The van der Waals surface area contributed by atoms with E-state index in [1.807, 2.05) is 13.8 Å². The molecule has 0 spiro atoms. The highest BCUT2D eigenvalue weighted by Crippen LogP contribution is 2.26. The van der Waals surface area contributed by atoms with Crippen LogP contribution in [0.3, 0.4) is 0 Å². The molecule has 8 heteroatoms. The van der Waals surface area contributed by atoms with Gasteiger partial charge in [0.05, 0.1) is 13.2 Å². The van der Waals surface area contributed by atoms with E-state index in [9.17, 15) is 8.42 Å². The minimum atomic E-state index is -3.64. The molecule has 1 rings (SSSR count). The Balaban J connectivity index is 2.88. The number of ether oxygens (including phenoxy) is 1. The Morgan fingerprint density at radius 1 is 1.43 bits per heavy atom. The van der Waals surface area contributed by atoms with Gasteiger partial charge in [-0.25, -0.2) is 13.1 Å². The molecule has 0 radical (unpaired) electrons. The van der Waals surface area contributed by atoms with Gasteiger partial charge in [0.1, 0.15) is 10.7 Å². The van der Waals surface area contributed by atoms with Gasteiger partial charge in [-0.1, -0.05) is 20.3 Å². The molecule has 21 heavy (non-hydrogen) atoms. The van der Waals surface area contributed by atoms with Crippen LogP contribution in [0.4, 0.5) is 0 Å². The van der Waals surface area contributed by atoms with Crippen LogP contribution in [0.25, 0.3) is 0 Å². The van der Waals surface area contributed by atoms with Crippen LogP contribution in [0.5, 0.6) is 0 Å². The monoisotopic (exact) mass is 382 g/mol. The molecule has 0 saturated carbocycles. The number of methoxy groups -OCH3 is 1. The van der Waals surface area contributed by atoms with Crippen LogP contribution in [-0.4, -0.2) is 34.7 Å². The third kappa shape index (κ3) is 5.71. The molecule has 0 aliphatic rings. The van der Waals surface area contributed by atoms with Crippen molar-refractivity contribution in [1.82, 2.24) is 10.0 Å². The van der Waals surface area contributed by atoms with Crippen molar-refractivity contribution in [3.05, 3.63) is 16.5 Å². The van der Waals surface area contributed by atoms with Gasteiger partial charge in [-0.15, -0.1) is 0 Å². The van der Waals surface area contributed by atoms with E-state index in [-0.39, 0.29) is 15.6 Å². The average Bonchev–Trinajstić information content (AvgIpc) is 2.78. The zero-order valence-corrected chi connectivity index (χ0v) is 15.0. The molecule has 0 saturated heterocycles. The topological polar surface area (TPSA) is 80.6 Å². The minimum absolute atomic E-state index is 0.118. The number of halogens is 1. The zero-order chi connectivity index (χ0) is 15.9. The van der Waals surface area contributed by atoms with E-state index in [1.54, 1.807) is 7.11 Å². The van der Waals surface area contributed by atoms with Crippen LogP contribution in [0.15, 0.2) is 20.0 Å². The summed E-state index contributed by atoms with van der Waals surface area (Å²) in [6, 6.07) is 1.29.